The minimum absolute atomic E-state index is 0.0144. The van der Waals surface area contributed by atoms with Crippen molar-refractivity contribution in [3.8, 4) is 0 Å². The SMILES string of the molecule is CCc1cc(C(C)=N)ccc1CN1C(O)(O)CC1(O)O.OC(O)(O)c1ccc(C2CCCCC2)c(C(F)(F)F)c1. The minimum atomic E-state index is -4.59. The number of alkyl halides is 3. The fourth-order valence-corrected chi connectivity index (χ4v) is 5.25. The molecule has 0 radical (unpaired) electrons. The molecule has 2 aromatic rings. The van der Waals surface area contributed by atoms with Gasteiger partial charge in [0.2, 0.25) is 11.8 Å². The maximum absolute atomic E-state index is 13.1. The lowest BCUT2D eigenvalue weighted by molar-refractivity contribution is -0.485. The Labute approximate surface area is 230 Å². The number of hydrogen-bond acceptors (Lipinski definition) is 9. The van der Waals surface area contributed by atoms with Crippen LogP contribution in [0.15, 0.2) is 36.4 Å². The van der Waals surface area contributed by atoms with Gasteiger partial charge in [0.05, 0.1) is 12.0 Å². The number of halogens is 3. The van der Waals surface area contributed by atoms with Crippen molar-refractivity contribution in [1.82, 2.24) is 4.90 Å². The molecule has 0 unspecified atom stereocenters. The van der Waals surface area contributed by atoms with Crippen molar-refractivity contribution in [2.45, 2.75) is 95.2 Å². The summed E-state index contributed by atoms with van der Waals surface area (Å²) in [5.41, 5.74) is 1.66. The molecule has 1 heterocycles. The molecule has 2 fully saturated rings. The molecule has 12 heteroatoms. The lowest BCUT2D eigenvalue weighted by Crippen LogP contribution is -2.73. The maximum Gasteiger partial charge on any atom is 0.416 e. The zero-order chi connectivity index (χ0) is 30.1. The Morgan fingerprint density at radius 1 is 0.925 bits per heavy atom. The van der Waals surface area contributed by atoms with Crippen LogP contribution < -0.4 is 0 Å². The number of hydrogen-bond donors (Lipinski definition) is 8. The molecule has 0 spiro atoms. The van der Waals surface area contributed by atoms with Crippen LogP contribution in [-0.2, 0) is 25.1 Å². The molecule has 8 N–H and O–H groups in total. The molecule has 0 amide bonds. The Morgan fingerprint density at radius 3 is 2.00 bits per heavy atom. The molecule has 1 saturated carbocycles. The van der Waals surface area contributed by atoms with Crippen LogP contribution in [0.2, 0.25) is 0 Å². The summed E-state index contributed by atoms with van der Waals surface area (Å²) < 4.78 is 39.4. The second-order valence-electron chi connectivity index (χ2n) is 10.5. The Bertz CT molecular complexity index is 1190. The third-order valence-electron chi connectivity index (χ3n) is 7.48. The average Bonchev–Trinajstić information content (AvgIpc) is 2.86. The van der Waals surface area contributed by atoms with Crippen molar-refractivity contribution in [1.29, 1.82) is 5.41 Å². The summed E-state index contributed by atoms with van der Waals surface area (Å²) >= 11 is 0. The molecule has 222 valence electrons. The molecule has 1 aliphatic heterocycles. The van der Waals surface area contributed by atoms with E-state index >= 15 is 0 Å². The number of likely N-dealkylation sites (tertiary alicyclic amines) is 1. The summed E-state index contributed by atoms with van der Waals surface area (Å²) in [7, 11) is 0. The zero-order valence-electron chi connectivity index (χ0n) is 22.4. The second-order valence-corrected chi connectivity index (χ2v) is 10.5. The monoisotopic (exact) mass is 570 g/mol. The van der Waals surface area contributed by atoms with E-state index in [1.54, 1.807) is 19.1 Å². The molecule has 0 atom stereocenters. The Kier molecular flexibility index (Phi) is 9.49. The van der Waals surface area contributed by atoms with E-state index in [-0.39, 0.29) is 18.0 Å². The van der Waals surface area contributed by atoms with Crippen molar-refractivity contribution in [3.63, 3.8) is 0 Å². The molecule has 9 nitrogen and oxygen atoms in total. The first-order chi connectivity index (χ1) is 18.4. The van der Waals surface area contributed by atoms with Crippen LogP contribution in [0.5, 0.6) is 0 Å². The van der Waals surface area contributed by atoms with Gasteiger partial charge in [0, 0.05) is 17.8 Å². The van der Waals surface area contributed by atoms with Crippen LogP contribution in [-0.4, -0.2) is 58.2 Å². The molecule has 1 saturated heterocycles. The van der Waals surface area contributed by atoms with Gasteiger partial charge in [0.15, 0.2) is 0 Å². The Balaban J connectivity index is 0.000000220. The summed E-state index contributed by atoms with van der Waals surface area (Å²) in [5, 5.41) is 73.1. The number of nitrogens with one attached hydrogen (secondary N) is 1. The van der Waals surface area contributed by atoms with Crippen LogP contribution in [0, 0.1) is 5.41 Å². The second kappa shape index (κ2) is 11.8. The highest BCUT2D eigenvalue weighted by atomic mass is 19.4. The van der Waals surface area contributed by atoms with Gasteiger partial charge in [-0.3, -0.25) is 0 Å². The Hall–Kier alpha value is -2.42. The third kappa shape index (κ3) is 7.45. The van der Waals surface area contributed by atoms with Crippen molar-refractivity contribution < 1.29 is 48.9 Å². The van der Waals surface area contributed by atoms with E-state index in [1.807, 2.05) is 13.0 Å². The first kappa shape index (κ1) is 32.1. The summed E-state index contributed by atoms with van der Waals surface area (Å²) in [6, 6.07) is 8.39. The van der Waals surface area contributed by atoms with E-state index in [0.29, 0.717) is 31.0 Å². The van der Waals surface area contributed by atoms with Gasteiger partial charge >= 0.3 is 12.1 Å². The van der Waals surface area contributed by atoms with Gasteiger partial charge in [0.25, 0.3) is 0 Å². The van der Waals surface area contributed by atoms with Crippen LogP contribution in [0.1, 0.15) is 91.7 Å². The number of aliphatic hydroxyl groups is 7. The van der Waals surface area contributed by atoms with Crippen molar-refractivity contribution in [2.24, 2.45) is 0 Å². The first-order valence-corrected chi connectivity index (χ1v) is 13.1. The van der Waals surface area contributed by atoms with E-state index in [0.717, 1.165) is 46.9 Å². The molecule has 0 bridgehead atoms. The van der Waals surface area contributed by atoms with E-state index in [9.17, 15) is 33.6 Å². The predicted octanol–water partition coefficient (Wildman–Crippen LogP) is 2.96. The van der Waals surface area contributed by atoms with E-state index < -0.39 is 41.5 Å². The fourth-order valence-electron chi connectivity index (χ4n) is 5.25. The molecule has 4 rings (SSSR count). The van der Waals surface area contributed by atoms with Crippen LogP contribution >= 0.6 is 0 Å². The van der Waals surface area contributed by atoms with Gasteiger partial charge in [-0.2, -0.15) is 18.1 Å². The maximum atomic E-state index is 13.1. The molecule has 2 aromatic carbocycles. The number of aryl methyl sites for hydroxylation is 1. The number of nitrogens with zero attached hydrogens (tertiary/aromatic N) is 1. The van der Waals surface area contributed by atoms with Crippen LogP contribution in [0.25, 0.3) is 0 Å². The predicted molar refractivity (Wildman–Crippen MR) is 138 cm³/mol. The lowest BCUT2D eigenvalue weighted by Gasteiger charge is -2.53. The smallest absolute Gasteiger partial charge is 0.353 e. The number of benzene rings is 2. The highest BCUT2D eigenvalue weighted by molar-refractivity contribution is 5.96. The van der Waals surface area contributed by atoms with E-state index in [2.05, 4.69) is 0 Å². The molecule has 1 aliphatic carbocycles. The van der Waals surface area contributed by atoms with Gasteiger partial charge in [0.1, 0.15) is 0 Å². The normalized spacial score (nSPS) is 19.4. The molecule has 40 heavy (non-hydrogen) atoms. The standard InChI is InChI=1S/C14H17F3O3.C14H20N2O4/c15-13(16,17)12-8-10(14(18,19)20)6-7-11(12)9-4-2-1-3-5-9;1-3-10-6-11(9(2)15)4-5-12(10)7-16-13(17,18)8-14(16,19)20/h6-9,18-20H,1-5H2;4-6,15,17-20H,3,7-8H2,1-2H3. The largest absolute Gasteiger partial charge is 0.416 e. The van der Waals surface area contributed by atoms with Gasteiger partial charge in [-0.15, -0.1) is 0 Å². The fraction of sp³-hybridized carbons (Fsp3) is 0.536. The lowest BCUT2D eigenvalue weighted by atomic mass is 9.81. The summed E-state index contributed by atoms with van der Waals surface area (Å²) in [4.78, 5) is 0.825. The van der Waals surface area contributed by atoms with Crippen LogP contribution in [0.4, 0.5) is 13.2 Å². The van der Waals surface area contributed by atoms with E-state index in [1.165, 1.54) is 6.07 Å². The summed E-state index contributed by atoms with van der Waals surface area (Å²) in [6.45, 7) is 3.66. The topological polar surface area (TPSA) is 169 Å². The minimum Gasteiger partial charge on any atom is -0.353 e. The molecular weight excluding hydrogens is 533 g/mol. The van der Waals surface area contributed by atoms with Gasteiger partial charge in [-0.25, -0.2) is 0 Å². The molecule has 0 aromatic heterocycles. The summed E-state index contributed by atoms with van der Waals surface area (Å²) in [5.74, 6) is -7.83. The van der Waals surface area contributed by atoms with Crippen molar-refractivity contribution in [3.05, 3.63) is 69.8 Å². The Morgan fingerprint density at radius 2 is 1.52 bits per heavy atom. The third-order valence-corrected chi connectivity index (χ3v) is 7.48. The molecule has 2 aliphatic rings. The zero-order valence-corrected chi connectivity index (χ0v) is 22.4. The van der Waals surface area contributed by atoms with Gasteiger partial charge in [-0.1, -0.05) is 50.5 Å². The van der Waals surface area contributed by atoms with Crippen LogP contribution in [0.3, 0.4) is 0 Å². The summed E-state index contributed by atoms with van der Waals surface area (Å²) in [6.07, 6.45) is -0.189. The van der Waals surface area contributed by atoms with Gasteiger partial charge in [-0.05, 0) is 66.5 Å². The first-order valence-electron chi connectivity index (χ1n) is 13.1. The highest BCUT2D eigenvalue weighted by Crippen LogP contribution is 2.42. The van der Waals surface area contributed by atoms with Crippen molar-refractivity contribution >= 4 is 5.71 Å². The number of rotatable bonds is 6. The average molecular weight is 571 g/mol. The quantitative estimate of drug-likeness (QED) is 0.194. The van der Waals surface area contributed by atoms with Crippen molar-refractivity contribution in [2.75, 3.05) is 0 Å². The van der Waals surface area contributed by atoms with Gasteiger partial charge < -0.3 is 41.2 Å². The van der Waals surface area contributed by atoms with E-state index in [4.69, 9.17) is 20.7 Å². The molecular formula is C28H37F3N2O7. The highest BCUT2D eigenvalue weighted by Gasteiger charge is 2.59.